The first-order chi connectivity index (χ1) is 8.93. The maximum Gasteiger partial charge on any atom is 0.134 e. The topological polar surface area (TPSA) is 34.1 Å². The molecule has 2 rings (SSSR count). The number of anilines is 1. The molecule has 0 aliphatic rings. The lowest BCUT2D eigenvalue weighted by atomic mass is 9.88. The first-order valence-corrected chi connectivity index (χ1v) is 6.61. The number of rotatable bonds is 3. The molecule has 19 heavy (non-hydrogen) atoms. The van der Waals surface area contributed by atoms with E-state index >= 15 is 0 Å². The van der Waals surface area contributed by atoms with Gasteiger partial charge in [0.15, 0.2) is 0 Å². The Bertz CT molecular complexity index is 572. The van der Waals surface area contributed by atoms with Crippen molar-refractivity contribution in [3.63, 3.8) is 0 Å². The van der Waals surface area contributed by atoms with Gasteiger partial charge in [0.25, 0.3) is 0 Å². The lowest BCUT2D eigenvalue weighted by Crippen LogP contribution is -2.31. The van der Waals surface area contributed by atoms with Gasteiger partial charge >= 0.3 is 0 Å². The molecule has 3 nitrogen and oxygen atoms in total. The highest BCUT2D eigenvalue weighted by atomic mass is 16.5. The van der Waals surface area contributed by atoms with Crippen LogP contribution in [0.15, 0.2) is 30.5 Å². The minimum atomic E-state index is 0.183. The summed E-state index contributed by atoms with van der Waals surface area (Å²) >= 11 is 0. The quantitative estimate of drug-likeness (QED) is 0.900. The molecule has 2 aromatic rings. The van der Waals surface area contributed by atoms with E-state index in [2.05, 4.69) is 44.1 Å². The number of ether oxygens (including phenoxy) is 1. The van der Waals surface area contributed by atoms with E-state index in [1.165, 1.54) is 0 Å². The van der Waals surface area contributed by atoms with Crippen LogP contribution in [0.3, 0.4) is 0 Å². The average Bonchev–Trinajstić information content (AvgIpc) is 2.37. The zero-order valence-electron chi connectivity index (χ0n) is 12.3. The largest absolute Gasteiger partial charge is 0.496 e. The van der Waals surface area contributed by atoms with Gasteiger partial charge in [0.2, 0.25) is 0 Å². The van der Waals surface area contributed by atoms with Crippen LogP contribution in [-0.4, -0.2) is 18.1 Å². The minimum Gasteiger partial charge on any atom is -0.496 e. The molecule has 0 bridgehead atoms. The van der Waals surface area contributed by atoms with Crippen molar-refractivity contribution in [1.29, 1.82) is 0 Å². The zero-order chi connectivity index (χ0) is 14.0. The standard InChI is InChI=1S/C16H22N2O/c1-11(16(2,3)4)18-15-13-7-6-8-14(19-5)12(13)9-10-17-15/h6-11H,1-5H3,(H,17,18). The van der Waals surface area contributed by atoms with Gasteiger partial charge in [0, 0.05) is 23.0 Å². The van der Waals surface area contributed by atoms with Crippen molar-refractivity contribution < 1.29 is 4.74 Å². The fourth-order valence-electron chi connectivity index (χ4n) is 1.89. The number of nitrogens with zero attached hydrogens (tertiary/aromatic N) is 1. The summed E-state index contributed by atoms with van der Waals surface area (Å²) in [6.07, 6.45) is 1.82. The van der Waals surface area contributed by atoms with Crippen molar-refractivity contribution in [2.75, 3.05) is 12.4 Å². The number of nitrogens with one attached hydrogen (secondary N) is 1. The molecule has 3 heteroatoms. The number of hydrogen-bond acceptors (Lipinski definition) is 3. The molecular weight excluding hydrogens is 236 g/mol. The van der Waals surface area contributed by atoms with Crippen LogP contribution in [0.5, 0.6) is 5.75 Å². The molecule has 102 valence electrons. The maximum absolute atomic E-state index is 5.40. The van der Waals surface area contributed by atoms with Gasteiger partial charge in [-0.3, -0.25) is 0 Å². The molecule has 0 spiro atoms. The van der Waals surface area contributed by atoms with E-state index in [1.54, 1.807) is 7.11 Å². The predicted molar refractivity (Wildman–Crippen MR) is 80.8 cm³/mol. The van der Waals surface area contributed by atoms with E-state index in [0.717, 1.165) is 22.3 Å². The molecule has 0 amide bonds. The van der Waals surface area contributed by atoms with Gasteiger partial charge in [-0.15, -0.1) is 0 Å². The molecule has 0 radical (unpaired) electrons. The molecule has 0 saturated heterocycles. The normalized spacial score (nSPS) is 13.3. The van der Waals surface area contributed by atoms with E-state index in [0.29, 0.717) is 6.04 Å². The molecule has 0 aliphatic heterocycles. The minimum absolute atomic E-state index is 0.183. The summed E-state index contributed by atoms with van der Waals surface area (Å²) in [5.41, 5.74) is 0.183. The SMILES string of the molecule is COc1cccc2c(NC(C)C(C)(C)C)nccc12. The number of aromatic nitrogens is 1. The molecule has 0 aliphatic carbocycles. The van der Waals surface area contributed by atoms with E-state index in [9.17, 15) is 0 Å². The maximum atomic E-state index is 5.40. The third kappa shape index (κ3) is 2.80. The number of hydrogen-bond donors (Lipinski definition) is 1. The first kappa shape index (κ1) is 13.7. The molecule has 1 N–H and O–H groups in total. The third-order valence-corrected chi connectivity index (χ3v) is 3.64. The predicted octanol–water partition coefficient (Wildman–Crippen LogP) is 4.09. The smallest absolute Gasteiger partial charge is 0.134 e. The van der Waals surface area contributed by atoms with E-state index in [1.807, 2.05) is 24.4 Å². The molecule has 1 atom stereocenters. The van der Waals surface area contributed by atoms with Crippen LogP contribution < -0.4 is 10.1 Å². The van der Waals surface area contributed by atoms with Crippen LogP contribution in [0.1, 0.15) is 27.7 Å². The number of fused-ring (bicyclic) bond motifs is 1. The summed E-state index contributed by atoms with van der Waals surface area (Å²) in [7, 11) is 1.69. The summed E-state index contributed by atoms with van der Waals surface area (Å²) in [6.45, 7) is 8.84. The Morgan fingerprint density at radius 2 is 1.89 bits per heavy atom. The van der Waals surface area contributed by atoms with Gasteiger partial charge in [0.1, 0.15) is 11.6 Å². The number of pyridine rings is 1. The Labute approximate surface area is 115 Å². The Morgan fingerprint density at radius 3 is 2.53 bits per heavy atom. The van der Waals surface area contributed by atoms with Gasteiger partial charge in [-0.1, -0.05) is 32.9 Å². The van der Waals surface area contributed by atoms with Crippen molar-refractivity contribution in [1.82, 2.24) is 4.98 Å². The number of benzene rings is 1. The molecule has 1 heterocycles. The Hall–Kier alpha value is -1.77. The van der Waals surface area contributed by atoms with Gasteiger partial charge in [-0.25, -0.2) is 4.98 Å². The average molecular weight is 258 g/mol. The second-order valence-electron chi connectivity index (χ2n) is 5.95. The van der Waals surface area contributed by atoms with Gasteiger partial charge in [-0.05, 0) is 24.5 Å². The fraction of sp³-hybridized carbons (Fsp3) is 0.438. The van der Waals surface area contributed by atoms with Crippen LogP contribution in [0, 0.1) is 5.41 Å². The third-order valence-electron chi connectivity index (χ3n) is 3.64. The summed E-state index contributed by atoms with van der Waals surface area (Å²) in [5.74, 6) is 1.80. The second kappa shape index (κ2) is 5.08. The molecule has 1 aromatic heterocycles. The summed E-state index contributed by atoms with van der Waals surface area (Å²) in [4.78, 5) is 4.47. The molecular formula is C16H22N2O. The number of methoxy groups -OCH3 is 1. The van der Waals surface area contributed by atoms with Crippen molar-refractivity contribution in [2.45, 2.75) is 33.7 Å². The van der Waals surface area contributed by atoms with Crippen molar-refractivity contribution in [3.05, 3.63) is 30.5 Å². The molecule has 0 fully saturated rings. The fourth-order valence-corrected chi connectivity index (χ4v) is 1.89. The van der Waals surface area contributed by atoms with Crippen LogP contribution in [-0.2, 0) is 0 Å². The highest BCUT2D eigenvalue weighted by molar-refractivity contribution is 5.95. The molecule has 1 aromatic carbocycles. The molecule has 1 unspecified atom stereocenters. The summed E-state index contributed by atoms with van der Waals surface area (Å²) in [5, 5.41) is 5.69. The van der Waals surface area contributed by atoms with E-state index in [-0.39, 0.29) is 5.41 Å². The van der Waals surface area contributed by atoms with Crippen molar-refractivity contribution in [2.24, 2.45) is 5.41 Å². The Kier molecular flexibility index (Phi) is 3.65. The monoisotopic (exact) mass is 258 g/mol. The summed E-state index contributed by atoms with van der Waals surface area (Å²) in [6, 6.07) is 8.36. The van der Waals surface area contributed by atoms with Crippen molar-refractivity contribution in [3.8, 4) is 5.75 Å². The van der Waals surface area contributed by atoms with Crippen LogP contribution in [0.4, 0.5) is 5.82 Å². The lowest BCUT2D eigenvalue weighted by molar-refractivity contribution is 0.359. The van der Waals surface area contributed by atoms with E-state index in [4.69, 9.17) is 4.74 Å². The lowest BCUT2D eigenvalue weighted by Gasteiger charge is -2.29. The van der Waals surface area contributed by atoms with E-state index < -0.39 is 0 Å². The highest BCUT2D eigenvalue weighted by Gasteiger charge is 2.20. The van der Waals surface area contributed by atoms with Gasteiger partial charge in [0.05, 0.1) is 7.11 Å². The Morgan fingerprint density at radius 1 is 1.16 bits per heavy atom. The van der Waals surface area contributed by atoms with Crippen LogP contribution in [0.2, 0.25) is 0 Å². The second-order valence-corrected chi connectivity index (χ2v) is 5.95. The van der Waals surface area contributed by atoms with Crippen LogP contribution in [0.25, 0.3) is 10.8 Å². The molecule has 0 saturated carbocycles. The Balaban J connectivity index is 2.45. The van der Waals surface area contributed by atoms with Gasteiger partial charge in [-0.2, -0.15) is 0 Å². The highest BCUT2D eigenvalue weighted by Crippen LogP contribution is 2.31. The summed E-state index contributed by atoms with van der Waals surface area (Å²) < 4.78 is 5.40. The first-order valence-electron chi connectivity index (χ1n) is 6.61. The van der Waals surface area contributed by atoms with Crippen LogP contribution >= 0.6 is 0 Å². The van der Waals surface area contributed by atoms with Crippen molar-refractivity contribution >= 4 is 16.6 Å². The van der Waals surface area contributed by atoms with Gasteiger partial charge < -0.3 is 10.1 Å². The zero-order valence-corrected chi connectivity index (χ0v) is 12.3.